The van der Waals surface area contributed by atoms with Gasteiger partial charge in [0.25, 0.3) is 0 Å². The minimum absolute atomic E-state index is 0.460. The highest BCUT2D eigenvalue weighted by atomic mass is 32.1. The molecule has 0 atom stereocenters. The minimum atomic E-state index is 0.460. The number of hydrogen-bond acceptors (Lipinski definition) is 2. The second kappa shape index (κ2) is 6.69. The number of hydrogen-bond donors (Lipinski definition) is 2. The van der Waals surface area contributed by atoms with E-state index >= 15 is 0 Å². The number of fused-ring (bicyclic) bond motifs is 1. The summed E-state index contributed by atoms with van der Waals surface area (Å²) in [5, 5.41) is 12.3. The fraction of sp³-hybridized carbons (Fsp3) is 0.375. The average Bonchev–Trinajstić information content (AvgIpc) is 2.41. The molecule has 1 nitrogen and oxygen atoms in total. The zero-order chi connectivity index (χ0) is 12.8. The third-order valence-electron chi connectivity index (χ3n) is 3.34. The van der Waals surface area contributed by atoms with Crippen LogP contribution in [0.15, 0.2) is 36.4 Å². The molecule has 18 heavy (non-hydrogen) atoms. The Balaban J connectivity index is 2.03. The first-order valence-corrected chi connectivity index (χ1v) is 7.26. The van der Waals surface area contributed by atoms with Gasteiger partial charge in [0.1, 0.15) is 5.75 Å². The van der Waals surface area contributed by atoms with Crippen molar-refractivity contribution in [3.05, 3.63) is 42.0 Å². The van der Waals surface area contributed by atoms with Gasteiger partial charge in [0.2, 0.25) is 0 Å². The molecule has 0 aliphatic heterocycles. The van der Waals surface area contributed by atoms with Crippen molar-refractivity contribution in [1.82, 2.24) is 0 Å². The van der Waals surface area contributed by atoms with E-state index < -0.39 is 0 Å². The zero-order valence-corrected chi connectivity index (χ0v) is 11.5. The standard InChI is InChI=1S/C16H20OS/c17-16-14(8-3-1-2-6-12-18)11-10-13-7-4-5-9-15(13)16/h4-5,7,9-11,17-18H,1-3,6,8,12H2. The van der Waals surface area contributed by atoms with Crippen LogP contribution in [0, 0.1) is 0 Å². The molecule has 0 spiro atoms. The molecule has 0 aliphatic carbocycles. The summed E-state index contributed by atoms with van der Waals surface area (Å²) in [5.41, 5.74) is 1.07. The molecule has 2 aromatic rings. The lowest BCUT2D eigenvalue weighted by Gasteiger charge is -2.07. The maximum Gasteiger partial charge on any atom is 0.126 e. The predicted molar refractivity (Wildman–Crippen MR) is 81.6 cm³/mol. The Morgan fingerprint density at radius 2 is 1.67 bits per heavy atom. The van der Waals surface area contributed by atoms with E-state index in [-0.39, 0.29) is 0 Å². The Kier molecular flexibility index (Phi) is 4.94. The van der Waals surface area contributed by atoms with Crippen LogP contribution in [0.2, 0.25) is 0 Å². The van der Waals surface area contributed by atoms with Gasteiger partial charge in [-0.15, -0.1) is 0 Å². The number of aromatic hydroxyl groups is 1. The number of unbranched alkanes of at least 4 members (excludes halogenated alkanes) is 3. The maximum atomic E-state index is 10.2. The van der Waals surface area contributed by atoms with Crippen molar-refractivity contribution in [2.24, 2.45) is 0 Å². The first-order chi connectivity index (χ1) is 8.83. The Labute approximate surface area is 114 Å². The largest absolute Gasteiger partial charge is 0.507 e. The van der Waals surface area contributed by atoms with E-state index in [9.17, 15) is 5.11 Å². The van der Waals surface area contributed by atoms with Crippen molar-refractivity contribution >= 4 is 23.4 Å². The summed E-state index contributed by atoms with van der Waals surface area (Å²) in [5.74, 6) is 1.43. The van der Waals surface area contributed by atoms with E-state index in [1.165, 1.54) is 19.3 Å². The van der Waals surface area contributed by atoms with Gasteiger partial charge in [-0.2, -0.15) is 12.6 Å². The lowest BCUT2D eigenvalue weighted by atomic mass is 10.0. The van der Waals surface area contributed by atoms with Gasteiger partial charge in [-0.05, 0) is 36.0 Å². The second-order valence-corrected chi connectivity index (χ2v) is 5.13. The van der Waals surface area contributed by atoms with Crippen molar-refractivity contribution < 1.29 is 5.11 Å². The Morgan fingerprint density at radius 1 is 0.889 bits per heavy atom. The molecule has 2 aromatic carbocycles. The molecule has 1 N–H and O–H groups in total. The van der Waals surface area contributed by atoms with Crippen LogP contribution in [-0.2, 0) is 6.42 Å². The van der Waals surface area contributed by atoms with Crippen molar-refractivity contribution in [2.75, 3.05) is 5.75 Å². The Bertz CT molecular complexity index is 507. The highest BCUT2D eigenvalue weighted by Gasteiger charge is 2.05. The molecule has 0 aromatic heterocycles. The number of phenols is 1. The molecule has 0 radical (unpaired) electrons. The Morgan fingerprint density at radius 3 is 2.50 bits per heavy atom. The summed E-state index contributed by atoms with van der Waals surface area (Å²) >= 11 is 4.21. The van der Waals surface area contributed by atoms with Crippen molar-refractivity contribution in [3.8, 4) is 5.75 Å². The smallest absolute Gasteiger partial charge is 0.126 e. The van der Waals surface area contributed by atoms with Crippen LogP contribution < -0.4 is 0 Å². The van der Waals surface area contributed by atoms with Crippen LogP contribution >= 0.6 is 12.6 Å². The van der Waals surface area contributed by atoms with Crippen molar-refractivity contribution in [1.29, 1.82) is 0 Å². The quantitative estimate of drug-likeness (QED) is 0.575. The van der Waals surface area contributed by atoms with Gasteiger partial charge in [-0.25, -0.2) is 0 Å². The second-order valence-electron chi connectivity index (χ2n) is 4.68. The molecule has 0 aliphatic rings. The van der Waals surface area contributed by atoms with Crippen LogP contribution in [0.1, 0.15) is 31.2 Å². The fourth-order valence-electron chi connectivity index (χ4n) is 2.28. The van der Waals surface area contributed by atoms with E-state index in [2.05, 4.69) is 24.8 Å². The maximum absolute atomic E-state index is 10.2. The predicted octanol–water partition coefficient (Wildman–Crippen LogP) is 4.58. The molecule has 2 rings (SSSR count). The monoisotopic (exact) mass is 260 g/mol. The van der Waals surface area contributed by atoms with E-state index in [0.29, 0.717) is 5.75 Å². The molecule has 0 amide bonds. The fourth-order valence-corrected chi connectivity index (χ4v) is 2.51. The van der Waals surface area contributed by atoms with Crippen LogP contribution in [0.5, 0.6) is 5.75 Å². The lowest BCUT2D eigenvalue weighted by molar-refractivity contribution is 0.472. The first kappa shape index (κ1) is 13.3. The van der Waals surface area contributed by atoms with E-state index in [1.54, 1.807) is 0 Å². The molecule has 0 saturated carbocycles. The summed E-state index contributed by atoms with van der Waals surface area (Å²) in [7, 11) is 0. The number of aryl methyl sites for hydroxylation is 1. The van der Waals surface area contributed by atoms with Gasteiger partial charge in [-0.1, -0.05) is 49.2 Å². The summed E-state index contributed by atoms with van der Waals surface area (Å²) in [6.45, 7) is 0. The molecule has 0 fully saturated rings. The van der Waals surface area contributed by atoms with E-state index in [0.717, 1.165) is 34.9 Å². The van der Waals surface area contributed by atoms with E-state index in [4.69, 9.17) is 0 Å². The lowest BCUT2D eigenvalue weighted by Crippen LogP contribution is -1.88. The molecule has 0 bridgehead atoms. The SMILES string of the molecule is Oc1c(CCCCCCS)ccc2ccccc12. The number of rotatable bonds is 6. The summed E-state index contributed by atoms with van der Waals surface area (Å²) < 4.78 is 0. The van der Waals surface area contributed by atoms with Gasteiger partial charge in [0, 0.05) is 5.39 Å². The molecular weight excluding hydrogens is 240 g/mol. The van der Waals surface area contributed by atoms with Gasteiger partial charge < -0.3 is 5.11 Å². The van der Waals surface area contributed by atoms with Crippen LogP contribution in [0.25, 0.3) is 10.8 Å². The number of benzene rings is 2. The average molecular weight is 260 g/mol. The number of thiol groups is 1. The third-order valence-corrected chi connectivity index (χ3v) is 3.65. The summed E-state index contributed by atoms with van der Waals surface area (Å²) in [4.78, 5) is 0. The van der Waals surface area contributed by atoms with Gasteiger partial charge in [0.15, 0.2) is 0 Å². The molecule has 0 unspecified atom stereocenters. The Hall–Kier alpha value is -1.15. The molecular formula is C16H20OS. The highest BCUT2D eigenvalue weighted by Crippen LogP contribution is 2.29. The van der Waals surface area contributed by atoms with Gasteiger partial charge in [-0.3, -0.25) is 0 Å². The molecule has 0 heterocycles. The molecule has 96 valence electrons. The van der Waals surface area contributed by atoms with Crippen LogP contribution in [-0.4, -0.2) is 10.9 Å². The zero-order valence-electron chi connectivity index (χ0n) is 10.6. The van der Waals surface area contributed by atoms with Gasteiger partial charge >= 0.3 is 0 Å². The highest BCUT2D eigenvalue weighted by molar-refractivity contribution is 7.80. The normalized spacial score (nSPS) is 10.9. The topological polar surface area (TPSA) is 20.2 Å². The summed E-state index contributed by atoms with van der Waals surface area (Å²) in [6, 6.07) is 12.1. The molecule has 0 saturated heterocycles. The van der Waals surface area contributed by atoms with Crippen molar-refractivity contribution in [3.63, 3.8) is 0 Å². The minimum Gasteiger partial charge on any atom is -0.507 e. The van der Waals surface area contributed by atoms with Crippen molar-refractivity contribution in [2.45, 2.75) is 32.1 Å². The summed E-state index contributed by atoms with van der Waals surface area (Å²) in [6.07, 6.45) is 5.74. The number of phenolic OH excluding ortho intramolecular Hbond substituents is 1. The van der Waals surface area contributed by atoms with E-state index in [1.807, 2.05) is 24.3 Å². The third kappa shape index (κ3) is 3.20. The van der Waals surface area contributed by atoms with Crippen LogP contribution in [0.4, 0.5) is 0 Å². The first-order valence-electron chi connectivity index (χ1n) is 6.63. The van der Waals surface area contributed by atoms with Crippen LogP contribution in [0.3, 0.4) is 0 Å². The molecule has 2 heteroatoms. The van der Waals surface area contributed by atoms with Gasteiger partial charge in [0.05, 0.1) is 0 Å².